The van der Waals surface area contributed by atoms with Crippen molar-refractivity contribution in [2.45, 2.75) is 6.92 Å². The maximum Gasteiger partial charge on any atom is 0.335 e. The molecular formula is C13H13N5O4. The highest BCUT2D eigenvalue weighted by Crippen LogP contribution is 2.16. The van der Waals surface area contributed by atoms with Gasteiger partial charge in [-0.05, 0) is 19.1 Å². The fraction of sp³-hybridized carbons (Fsp3) is 0.0769. The number of urea groups is 1. The molecule has 114 valence electrons. The molecule has 0 aliphatic heterocycles. The Hall–Kier alpha value is -3.36. The summed E-state index contributed by atoms with van der Waals surface area (Å²) in [5.74, 6) is -0.590. The SMILES string of the molecule is CC(=NNC(N)=O)c1c(O)n(-c2ccccc2)c(=O)[nH]c1=O. The Morgan fingerprint density at radius 3 is 2.55 bits per heavy atom. The van der Waals surface area contributed by atoms with Crippen LogP contribution >= 0.6 is 0 Å². The van der Waals surface area contributed by atoms with Crippen LogP contribution in [0.25, 0.3) is 5.69 Å². The van der Waals surface area contributed by atoms with Crippen LogP contribution in [0.2, 0.25) is 0 Å². The topological polar surface area (TPSA) is 143 Å². The van der Waals surface area contributed by atoms with Crippen LogP contribution in [0.5, 0.6) is 5.88 Å². The number of primary amides is 1. The molecule has 9 nitrogen and oxygen atoms in total. The summed E-state index contributed by atoms with van der Waals surface area (Å²) >= 11 is 0. The van der Waals surface area contributed by atoms with Gasteiger partial charge in [0.15, 0.2) is 0 Å². The zero-order valence-electron chi connectivity index (χ0n) is 11.5. The molecule has 1 aromatic heterocycles. The Labute approximate surface area is 123 Å². The van der Waals surface area contributed by atoms with Crippen LogP contribution in [0.4, 0.5) is 4.79 Å². The first-order valence-electron chi connectivity index (χ1n) is 6.15. The number of benzene rings is 1. The number of nitrogens with zero attached hydrogens (tertiary/aromatic N) is 2. The van der Waals surface area contributed by atoms with Gasteiger partial charge in [0.05, 0.1) is 11.4 Å². The van der Waals surface area contributed by atoms with Crippen LogP contribution in [0.15, 0.2) is 45.0 Å². The Balaban J connectivity index is 2.68. The van der Waals surface area contributed by atoms with Gasteiger partial charge in [0.2, 0.25) is 5.88 Å². The molecule has 0 atom stereocenters. The first-order valence-corrected chi connectivity index (χ1v) is 6.15. The van der Waals surface area contributed by atoms with Crippen molar-refractivity contribution in [3.05, 3.63) is 56.7 Å². The van der Waals surface area contributed by atoms with Crippen molar-refractivity contribution in [1.82, 2.24) is 15.0 Å². The number of nitrogens with one attached hydrogen (secondary N) is 2. The number of para-hydroxylation sites is 1. The standard InChI is InChI=1S/C13H13N5O4/c1-7(16-17-12(14)21)9-10(19)15-13(22)18(11(9)20)8-5-3-2-4-6-8/h2-6,20H,1H3,(H3,14,17,21)(H,15,19,22). The van der Waals surface area contributed by atoms with E-state index < -0.39 is 23.2 Å². The Kier molecular flexibility index (Phi) is 4.07. The van der Waals surface area contributed by atoms with E-state index in [1.807, 2.05) is 5.43 Å². The second-order valence-corrected chi connectivity index (χ2v) is 4.30. The fourth-order valence-corrected chi connectivity index (χ4v) is 1.86. The number of aromatic amines is 1. The molecule has 0 aliphatic rings. The second-order valence-electron chi connectivity index (χ2n) is 4.30. The summed E-state index contributed by atoms with van der Waals surface area (Å²) in [6.45, 7) is 1.38. The quantitative estimate of drug-likeness (QED) is 0.453. The second kappa shape index (κ2) is 5.95. The predicted octanol–water partition coefficient (Wildman–Crippen LogP) is -0.376. The van der Waals surface area contributed by atoms with E-state index in [1.165, 1.54) is 6.92 Å². The van der Waals surface area contributed by atoms with Gasteiger partial charge in [-0.3, -0.25) is 9.78 Å². The molecule has 0 saturated carbocycles. The van der Waals surface area contributed by atoms with Crippen molar-refractivity contribution in [3.8, 4) is 11.6 Å². The number of H-pyrrole nitrogens is 1. The van der Waals surface area contributed by atoms with Crippen LogP contribution in [0.1, 0.15) is 12.5 Å². The van der Waals surface area contributed by atoms with Gasteiger partial charge in [-0.25, -0.2) is 19.6 Å². The van der Waals surface area contributed by atoms with E-state index in [0.717, 1.165) is 4.57 Å². The van der Waals surface area contributed by atoms with Crippen molar-refractivity contribution in [2.24, 2.45) is 10.8 Å². The summed E-state index contributed by atoms with van der Waals surface area (Å²) in [5, 5.41) is 13.8. The predicted molar refractivity (Wildman–Crippen MR) is 79.3 cm³/mol. The van der Waals surface area contributed by atoms with Gasteiger partial charge in [-0.15, -0.1) is 0 Å². The molecule has 0 unspecified atom stereocenters. The molecule has 1 heterocycles. The van der Waals surface area contributed by atoms with E-state index in [0.29, 0.717) is 5.69 Å². The van der Waals surface area contributed by atoms with Gasteiger partial charge in [-0.2, -0.15) is 5.10 Å². The highest BCUT2D eigenvalue weighted by Gasteiger charge is 2.17. The van der Waals surface area contributed by atoms with Gasteiger partial charge < -0.3 is 10.8 Å². The van der Waals surface area contributed by atoms with E-state index >= 15 is 0 Å². The third-order valence-corrected chi connectivity index (χ3v) is 2.80. The van der Waals surface area contributed by atoms with E-state index in [9.17, 15) is 19.5 Å². The zero-order valence-corrected chi connectivity index (χ0v) is 11.5. The summed E-state index contributed by atoms with van der Waals surface area (Å²) in [5.41, 5.74) is 5.29. The van der Waals surface area contributed by atoms with Gasteiger partial charge in [0.25, 0.3) is 5.56 Å². The number of aromatic nitrogens is 2. The van der Waals surface area contributed by atoms with Crippen molar-refractivity contribution in [1.29, 1.82) is 0 Å². The molecule has 0 aliphatic carbocycles. The number of aromatic hydroxyl groups is 1. The molecular weight excluding hydrogens is 290 g/mol. The van der Waals surface area contributed by atoms with Crippen molar-refractivity contribution >= 4 is 11.7 Å². The van der Waals surface area contributed by atoms with Crippen LogP contribution in [0, 0.1) is 0 Å². The molecule has 2 rings (SSSR count). The van der Waals surface area contributed by atoms with Gasteiger partial charge in [0.1, 0.15) is 5.56 Å². The number of hydrazone groups is 1. The van der Waals surface area contributed by atoms with Crippen molar-refractivity contribution in [2.75, 3.05) is 0 Å². The molecule has 22 heavy (non-hydrogen) atoms. The number of carbonyl (C=O) groups is 1. The van der Waals surface area contributed by atoms with Crippen molar-refractivity contribution < 1.29 is 9.90 Å². The monoisotopic (exact) mass is 303 g/mol. The Bertz CT molecular complexity index is 851. The lowest BCUT2D eigenvalue weighted by atomic mass is 10.2. The molecule has 0 fully saturated rings. The van der Waals surface area contributed by atoms with Crippen LogP contribution in [0.3, 0.4) is 0 Å². The highest BCUT2D eigenvalue weighted by molar-refractivity contribution is 6.00. The molecule has 0 saturated heterocycles. The smallest absolute Gasteiger partial charge is 0.335 e. The summed E-state index contributed by atoms with van der Waals surface area (Å²) < 4.78 is 0.917. The van der Waals surface area contributed by atoms with Gasteiger partial charge in [-0.1, -0.05) is 18.2 Å². The first-order chi connectivity index (χ1) is 10.4. The minimum atomic E-state index is -0.924. The van der Waals surface area contributed by atoms with Gasteiger partial charge >= 0.3 is 11.7 Å². The van der Waals surface area contributed by atoms with Crippen molar-refractivity contribution in [3.63, 3.8) is 0 Å². The lowest BCUT2D eigenvalue weighted by Gasteiger charge is -2.11. The number of hydrogen-bond donors (Lipinski definition) is 4. The number of rotatable bonds is 3. The zero-order chi connectivity index (χ0) is 16.3. The highest BCUT2D eigenvalue weighted by atomic mass is 16.3. The lowest BCUT2D eigenvalue weighted by Crippen LogP contribution is -2.33. The van der Waals surface area contributed by atoms with E-state index in [1.54, 1.807) is 30.3 Å². The first kappa shape index (κ1) is 15.0. The van der Waals surface area contributed by atoms with E-state index in [-0.39, 0.29) is 11.3 Å². The molecule has 2 aromatic rings. The fourth-order valence-electron chi connectivity index (χ4n) is 1.86. The van der Waals surface area contributed by atoms with Crippen LogP contribution in [-0.2, 0) is 0 Å². The molecule has 0 bridgehead atoms. The van der Waals surface area contributed by atoms with E-state index in [4.69, 9.17) is 5.73 Å². The maximum absolute atomic E-state index is 11.9. The molecule has 9 heteroatoms. The average molecular weight is 303 g/mol. The number of hydrogen-bond acceptors (Lipinski definition) is 5. The minimum Gasteiger partial charge on any atom is -0.493 e. The summed E-state index contributed by atoms with van der Waals surface area (Å²) in [6, 6.07) is 7.31. The maximum atomic E-state index is 11.9. The number of amides is 2. The van der Waals surface area contributed by atoms with Gasteiger partial charge in [0, 0.05) is 0 Å². The largest absolute Gasteiger partial charge is 0.493 e. The number of carbonyl (C=O) groups excluding carboxylic acids is 1. The Morgan fingerprint density at radius 2 is 1.95 bits per heavy atom. The summed E-state index contributed by atoms with van der Waals surface area (Å²) in [6.07, 6.45) is 0. The van der Waals surface area contributed by atoms with Crippen LogP contribution < -0.4 is 22.4 Å². The molecule has 2 amide bonds. The molecule has 1 aromatic carbocycles. The molecule has 5 N–H and O–H groups in total. The minimum absolute atomic E-state index is 0.0118. The lowest BCUT2D eigenvalue weighted by molar-refractivity contribution is 0.249. The van der Waals surface area contributed by atoms with Crippen LogP contribution in [-0.4, -0.2) is 26.4 Å². The summed E-state index contributed by atoms with van der Waals surface area (Å²) in [7, 11) is 0. The Morgan fingerprint density at radius 1 is 1.32 bits per heavy atom. The third-order valence-electron chi connectivity index (χ3n) is 2.80. The third kappa shape index (κ3) is 2.87. The summed E-state index contributed by atoms with van der Waals surface area (Å²) in [4.78, 5) is 36.5. The molecule has 0 radical (unpaired) electrons. The molecule has 0 spiro atoms. The van der Waals surface area contributed by atoms with E-state index in [2.05, 4.69) is 10.1 Å². The average Bonchev–Trinajstić information content (AvgIpc) is 2.45. The number of nitrogens with two attached hydrogens (primary N) is 1. The normalized spacial score (nSPS) is 11.2.